The van der Waals surface area contributed by atoms with Crippen molar-refractivity contribution in [2.45, 2.75) is 90.7 Å². The summed E-state index contributed by atoms with van der Waals surface area (Å²) in [5.41, 5.74) is 0.975. The van der Waals surface area contributed by atoms with Crippen molar-refractivity contribution in [2.24, 2.45) is 0 Å². The summed E-state index contributed by atoms with van der Waals surface area (Å²) in [5, 5.41) is 12.7. The summed E-state index contributed by atoms with van der Waals surface area (Å²) in [6, 6.07) is 12.2. The Morgan fingerprint density at radius 3 is 2.00 bits per heavy atom. The van der Waals surface area contributed by atoms with Crippen LogP contribution in [0.1, 0.15) is 88.1 Å². The molecule has 0 saturated heterocycles. The van der Waals surface area contributed by atoms with Crippen LogP contribution in [0.15, 0.2) is 48.5 Å². The van der Waals surface area contributed by atoms with Crippen molar-refractivity contribution in [1.82, 2.24) is 5.32 Å². The molecule has 0 aliphatic heterocycles. The molecule has 0 spiro atoms. The molecule has 0 saturated carbocycles. The summed E-state index contributed by atoms with van der Waals surface area (Å²) in [7, 11) is 0. The van der Waals surface area contributed by atoms with E-state index in [2.05, 4.69) is 5.32 Å². The third-order valence-electron chi connectivity index (χ3n) is 6.13. The Morgan fingerprint density at radius 1 is 0.825 bits per heavy atom. The lowest BCUT2D eigenvalue weighted by Crippen LogP contribution is -2.42. The van der Waals surface area contributed by atoms with Gasteiger partial charge in [-0.25, -0.2) is 4.79 Å². The van der Waals surface area contributed by atoms with E-state index in [9.17, 15) is 24.3 Å². The SMILES string of the molecule is CCCCCC(=O)Oc1ccc(C[C@H](NCC(C)OC(=O)c2ccccc2)C(=O)O)cc1OC(=O)CCCCC. The molecule has 0 heterocycles. The zero-order valence-corrected chi connectivity index (χ0v) is 23.6. The topological polar surface area (TPSA) is 128 Å². The second kappa shape index (κ2) is 17.8. The average molecular weight is 556 g/mol. The van der Waals surface area contributed by atoms with Gasteiger partial charge in [0, 0.05) is 19.4 Å². The highest BCUT2D eigenvalue weighted by Crippen LogP contribution is 2.30. The van der Waals surface area contributed by atoms with Crippen molar-refractivity contribution < 1.29 is 38.5 Å². The number of hydrogen-bond donors (Lipinski definition) is 2. The number of carboxylic acids is 1. The summed E-state index contributed by atoms with van der Waals surface area (Å²) >= 11 is 0. The van der Waals surface area contributed by atoms with E-state index < -0.39 is 36.0 Å². The molecule has 0 bridgehead atoms. The molecule has 40 heavy (non-hydrogen) atoms. The van der Waals surface area contributed by atoms with Gasteiger partial charge in [-0.05, 0) is 56.0 Å². The van der Waals surface area contributed by atoms with Crippen LogP contribution in [-0.4, -0.2) is 47.7 Å². The zero-order valence-electron chi connectivity index (χ0n) is 23.6. The van der Waals surface area contributed by atoms with Gasteiger partial charge in [0.2, 0.25) is 0 Å². The summed E-state index contributed by atoms with van der Waals surface area (Å²) in [5.74, 6) is -2.25. The van der Waals surface area contributed by atoms with Crippen LogP contribution < -0.4 is 14.8 Å². The maximum Gasteiger partial charge on any atom is 0.338 e. The van der Waals surface area contributed by atoms with Crippen LogP contribution in [0.3, 0.4) is 0 Å². The van der Waals surface area contributed by atoms with Crippen molar-refractivity contribution in [1.29, 1.82) is 0 Å². The Bertz CT molecular complexity index is 1100. The summed E-state index contributed by atoms with van der Waals surface area (Å²) in [4.78, 5) is 49.0. The molecular formula is C31H41NO8. The average Bonchev–Trinajstić information content (AvgIpc) is 2.93. The summed E-state index contributed by atoms with van der Waals surface area (Å²) < 4.78 is 16.4. The Morgan fingerprint density at radius 2 is 1.43 bits per heavy atom. The minimum atomic E-state index is -1.09. The molecule has 0 amide bonds. The van der Waals surface area contributed by atoms with Gasteiger partial charge in [-0.3, -0.25) is 14.4 Å². The first-order valence-corrected chi connectivity index (χ1v) is 14.0. The van der Waals surface area contributed by atoms with Crippen molar-refractivity contribution in [3.05, 3.63) is 59.7 Å². The molecule has 0 radical (unpaired) electrons. The molecule has 9 nitrogen and oxygen atoms in total. The van der Waals surface area contributed by atoms with Gasteiger partial charge in [-0.2, -0.15) is 0 Å². The third kappa shape index (κ3) is 12.0. The van der Waals surface area contributed by atoms with Gasteiger partial charge in [0.1, 0.15) is 12.1 Å². The number of aliphatic carboxylic acids is 1. The Labute approximate surface area is 236 Å². The maximum absolute atomic E-state index is 12.4. The van der Waals surface area contributed by atoms with Gasteiger partial charge >= 0.3 is 23.9 Å². The van der Waals surface area contributed by atoms with E-state index in [0.717, 1.165) is 25.7 Å². The van der Waals surface area contributed by atoms with Gasteiger partial charge in [0.15, 0.2) is 11.5 Å². The minimum absolute atomic E-state index is 0.0554. The molecule has 9 heteroatoms. The Balaban J connectivity index is 2.08. The second-order valence-electron chi connectivity index (χ2n) is 9.73. The molecule has 0 aliphatic rings. The van der Waals surface area contributed by atoms with E-state index >= 15 is 0 Å². The number of unbranched alkanes of at least 4 members (excludes halogenated alkanes) is 4. The molecule has 2 atom stereocenters. The fourth-order valence-electron chi connectivity index (χ4n) is 3.89. The normalized spacial score (nSPS) is 12.3. The number of esters is 3. The van der Waals surface area contributed by atoms with Crippen molar-refractivity contribution in [3.63, 3.8) is 0 Å². The molecule has 0 aromatic heterocycles. The van der Waals surface area contributed by atoms with Crippen molar-refractivity contribution in [2.75, 3.05) is 6.54 Å². The van der Waals surface area contributed by atoms with Gasteiger partial charge < -0.3 is 24.6 Å². The fourth-order valence-corrected chi connectivity index (χ4v) is 3.89. The number of benzene rings is 2. The van der Waals surface area contributed by atoms with E-state index in [-0.39, 0.29) is 37.3 Å². The molecule has 1 unspecified atom stereocenters. The van der Waals surface area contributed by atoms with Crippen LogP contribution in [0, 0.1) is 0 Å². The molecular weight excluding hydrogens is 514 g/mol. The largest absolute Gasteiger partial charge is 0.480 e. The van der Waals surface area contributed by atoms with Gasteiger partial charge in [-0.1, -0.05) is 63.8 Å². The first kappa shape index (κ1) is 32.5. The molecule has 0 aliphatic carbocycles. The number of hydrogen-bond acceptors (Lipinski definition) is 8. The van der Waals surface area contributed by atoms with E-state index in [1.807, 2.05) is 13.8 Å². The molecule has 0 fully saturated rings. The maximum atomic E-state index is 12.4. The number of carbonyl (C=O) groups excluding carboxylic acids is 3. The van der Waals surface area contributed by atoms with Crippen LogP contribution in [0.25, 0.3) is 0 Å². The number of carbonyl (C=O) groups is 4. The van der Waals surface area contributed by atoms with Gasteiger partial charge in [-0.15, -0.1) is 0 Å². The van der Waals surface area contributed by atoms with E-state index in [0.29, 0.717) is 24.0 Å². The lowest BCUT2D eigenvalue weighted by molar-refractivity contribution is -0.139. The minimum Gasteiger partial charge on any atom is -0.480 e. The van der Waals surface area contributed by atoms with Crippen LogP contribution in [0.4, 0.5) is 0 Å². The Hall–Kier alpha value is -3.72. The zero-order chi connectivity index (χ0) is 29.3. The first-order valence-electron chi connectivity index (χ1n) is 14.0. The van der Waals surface area contributed by atoms with Gasteiger partial charge in [0.25, 0.3) is 0 Å². The Kier molecular flexibility index (Phi) is 14.4. The number of rotatable bonds is 18. The van der Waals surface area contributed by atoms with E-state index in [1.165, 1.54) is 12.1 Å². The fraction of sp³-hybridized carbons (Fsp3) is 0.484. The highest BCUT2D eigenvalue weighted by Gasteiger charge is 2.22. The second-order valence-corrected chi connectivity index (χ2v) is 9.73. The lowest BCUT2D eigenvalue weighted by Gasteiger charge is -2.19. The van der Waals surface area contributed by atoms with Crippen LogP contribution in [0.2, 0.25) is 0 Å². The van der Waals surface area contributed by atoms with Crippen LogP contribution in [-0.2, 0) is 25.5 Å². The van der Waals surface area contributed by atoms with Crippen LogP contribution in [0.5, 0.6) is 11.5 Å². The highest BCUT2D eigenvalue weighted by molar-refractivity contribution is 5.89. The number of ether oxygens (including phenoxy) is 3. The van der Waals surface area contributed by atoms with Crippen molar-refractivity contribution >= 4 is 23.9 Å². The van der Waals surface area contributed by atoms with E-state index in [1.54, 1.807) is 43.3 Å². The standard InChI is InChI=1S/C31H41NO8/c1-4-6-9-15-28(33)39-26-18-17-23(20-27(26)40-29(34)16-10-7-5-2)19-25(30(35)36)32-21-22(3)38-31(37)24-13-11-8-12-14-24/h8,11-14,17-18,20,22,25,32H,4-7,9-10,15-16,19,21H2,1-3H3,(H,35,36)/t22?,25-/m0/s1. The predicted octanol–water partition coefficient (Wildman–Crippen LogP) is 5.49. The molecule has 218 valence electrons. The summed E-state index contributed by atoms with van der Waals surface area (Å²) in [6.45, 7) is 5.86. The quantitative estimate of drug-likeness (QED) is 0.139. The van der Waals surface area contributed by atoms with E-state index in [4.69, 9.17) is 14.2 Å². The first-order chi connectivity index (χ1) is 19.2. The molecule has 2 aromatic carbocycles. The smallest absolute Gasteiger partial charge is 0.338 e. The van der Waals surface area contributed by atoms with Crippen LogP contribution >= 0.6 is 0 Å². The molecule has 2 rings (SSSR count). The molecule has 2 N–H and O–H groups in total. The third-order valence-corrected chi connectivity index (χ3v) is 6.13. The number of carboxylic acid groups (broad SMARTS) is 1. The van der Waals surface area contributed by atoms with Crippen molar-refractivity contribution in [3.8, 4) is 11.5 Å². The summed E-state index contributed by atoms with van der Waals surface area (Å²) in [6.07, 6.45) is 5.04. The number of nitrogens with one attached hydrogen (secondary N) is 1. The molecule has 2 aromatic rings. The van der Waals surface area contributed by atoms with Gasteiger partial charge in [0.05, 0.1) is 5.56 Å². The lowest BCUT2D eigenvalue weighted by atomic mass is 10.0. The monoisotopic (exact) mass is 555 g/mol. The highest BCUT2D eigenvalue weighted by atomic mass is 16.6. The predicted molar refractivity (Wildman–Crippen MR) is 150 cm³/mol.